The van der Waals surface area contributed by atoms with Crippen LogP contribution in [0.1, 0.15) is 38.7 Å². The fraction of sp³-hybridized carbons (Fsp3) is 0.571. The lowest BCUT2D eigenvalue weighted by Crippen LogP contribution is -2.18. The lowest BCUT2D eigenvalue weighted by atomic mass is 9.80. The summed E-state index contributed by atoms with van der Waals surface area (Å²) in [6.45, 7) is 7.06. The van der Waals surface area contributed by atoms with Gasteiger partial charge >= 0.3 is 0 Å². The summed E-state index contributed by atoms with van der Waals surface area (Å²) in [4.78, 5) is 0. The first kappa shape index (κ1) is 10.7. The van der Waals surface area contributed by atoms with Gasteiger partial charge in [0.25, 0.3) is 0 Å². The first-order chi connectivity index (χ1) is 7.03. The number of aliphatic hydroxyl groups excluding tert-OH is 1. The van der Waals surface area contributed by atoms with Gasteiger partial charge in [0.05, 0.1) is 0 Å². The predicted octanol–water partition coefficient (Wildman–Crippen LogP) is 3.20. The van der Waals surface area contributed by atoms with Gasteiger partial charge in [-0.05, 0) is 28.7 Å². The first-order valence-corrected chi connectivity index (χ1v) is 5.69. The minimum absolute atomic E-state index is 0.127. The minimum Gasteiger partial charge on any atom is -0.396 e. The van der Waals surface area contributed by atoms with E-state index in [4.69, 9.17) is 0 Å². The molecule has 1 fully saturated rings. The van der Waals surface area contributed by atoms with E-state index < -0.39 is 0 Å². The Morgan fingerprint density at radius 2 is 1.87 bits per heavy atom. The van der Waals surface area contributed by atoms with Gasteiger partial charge < -0.3 is 5.11 Å². The summed E-state index contributed by atoms with van der Waals surface area (Å²) in [5.41, 5.74) is 1.78. The first-order valence-electron chi connectivity index (χ1n) is 5.69. The Kier molecular flexibility index (Phi) is 2.38. The van der Waals surface area contributed by atoms with Crippen molar-refractivity contribution < 1.29 is 5.11 Å². The molecule has 82 valence electrons. The zero-order chi connectivity index (χ0) is 11.1. The van der Waals surface area contributed by atoms with Crippen molar-refractivity contribution >= 4 is 0 Å². The highest BCUT2D eigenvalue weighted by atomic mass is 16.3. The molecule has 3 atom stereocenters. The average Bonchev–Trinajstić information content (AvgIpc) is 2.84. The zero-order valence-corrected chi connectivity index (χ0v) is 9.83. The summed E-state index contributed by atoms with van der Waals surface area (Å²) in [6, 6.07) is 10.6. The summed E-state index contributed by atoms with van der Waals surface area (Å²) >= 11 is 0. The topological polar surface area (TPSA) is 20.2 Å². The molecule has 0 bridgehead atoms. The smallest absolute Gasteiger partial charge is 0.0490 e. The van der Waals surface area contributed by atoms with E-state index in [9.17, 15) is 5.11 Å². The summed E-state index contributed by atoms with van der Waals surface area (Å²) in [5, 5.41) is 9.40. The molecule has 1 aromatic carbocycles. The summed E-state index contributed by atoms with van der Waals surface area (Å²) in [7, 11) is 0. The van der Waals surface area contributed by atoms with Crippen LogP contribution in [0.2, 0.25) is 0 Å². The Hall–Kier alpha value is -0.820. The second kappa shape index (κ2) is 3.34. The SMILES string of the molecule is C[C@@H](c1ccccc1)[C@]1(C)C[C@]1(C)CO. The molecule has 0 aliphatic heterocycles. The molecule has 15 heavy (non-hydrogen) atoms. The maximum Gasteiger partial charge on any atom is 0.0490 e. The molecule has 1 saturated carbocycles. The third-order valence-corrected chi connectivity index (χ3v) is 4.62. The molecule has 2 rings (SSSR count). The van der Waals surface area contributed by atoms with E-state index in [0.717, 1.165) is 6.42 Å². The van der Waals surface area contributed by atoms with E-state index in [1.165, 1.54) is 5.56 Å². The van der Waals surface area contributed by atoms with Crippen LogP contribution in [0.15, 0.2) is 30.3 Å². The van der Waals surface area contributed by atoms with Crippen molar-refractivity contribution in [2.45, 2.75) is 33.1 Å². The van der Waals surface area contributed by atoms with E-state index in [2.05, 4.69) is 51.1 Å². The van der Waals surface area contributed by atoms with E-state index in [-0.39, 0.29) is 10.8 Å². The van der Waals surface area contributed by atoms with E-state index in [1.54, 1.807) is 0 Å². The van der Waals surface area contributed by atoms with Crippen molar-refractivity contribution in [1.82, 2.24) is 0 Å². The van der Waals surface area contributed by atoms with Gasteiger partial charge in [0.1, 0.15) is 0 Å². The second-order valence-corrected chi connectivity index (χ2v) is 5.45. The molecule has 0 heterocycles. The van der Waals surface area contributed by atoms with Crippen molar-refractivity contribution in [3.63, 3.8) is 0 Å². The maximum atomic E-state index is 9.40. The van der Waals surface area contributed by atoms with Gasteiger partial charge in [-0.25, -0.2) is 0 Å². The highest BCUT2D eigenvalue weighted by molar-refractivity contribution is 5.27. The molecular weight excluding hydrogens is 184 g/mol. The number of benzene rings is 1. The van der Waals surface area contributed by atoms with Crippen LogP contribution in [-0.2, 0) is 0 Å². The zero-order valence-electron chi connectivity index (χ0n) is 9.83. The lowest BCUT2D eigenvalue weighted by Gasteiger charge is -2.24. The Morgan fingerprint density at radius 1 is 1.27 bits per heavy atom. The third kappa shape index (κ3) is 1.50. The van der Waals surface area contributed by atoms with Gasteiger partial charge in [-0.15, -0.1) is 0 Å². The van der Waals surface area contributed by atoms with Gasteiger partial charge in [-0.3, -0.25) is 0 Å². The maximum absolute atomic E-state index is 9.40. The Balaban J connectivity index is 2.21. The fourth-order valence-electron chi connectivity index (χ4n) is 2.79. The molecule has 0 radical (unpaired) electrons. The molecule has 0 aromatic heterocycles. The van der Waals surface area contributed by atoms with E-state index in [1.807, 2.05) is 0 Å². The second-order valence-electron chi connectivity index (χ2n) is 5.45. The standard InChI is InChI=1S/C14H20O/c1-11(12-7-5-4-6-8-12)14(3)9-13(14,2)10-15/h4-8,11,15H,9-10H2,1-3H3/t11-,13+,14-/m0/s1. The van der Waals surface area contributed by atoms with Gasteiger partial charge in [-0.2, -0.15) is 0 Å². The van der Waals surface area contributed by atoms with Crippen molar-refractivity contribution in [3.05, 3.63) is 35.9 Å². The van der Waals surface area contributed by atoms with Crippen LogP contribution < -0.4 is 0 Å². The predicted molar refractivity (Wildman–Crippen MR) is 62.8 cm³/mol. The molecule has 0 saturated heterocycles. The molecule has 0 amide bonds. The van der Waals surface area contributed by atoms with Crippen LogP contribution in [0.5, 0.6) is 0 Å². The number of hydrogen-bond acceptors (Lipinski definition) is 1. The number of rotatable bonds is 3. The van der Waals surface area contributed by atoms with Gasteiger partial charge in [0.15, 0.2) is 0 Å². The molecule has 1 N–H and O–H groups in total. The summed E-state index contributed by atoms with van der Waals surface area (Å²) in [6.07, 6.45) is 1.13. The summed E-state index contributed by atoms with van der Waals surface area (Å²) in [5.74, 6) is 0.524. The third-order valence-electron chi connectivity index (χ3n) is 4.62. The molecule has 1 heteroatoms. The number of hydrogen-bond donors (Lipinski definition) is 1. The van der Waals surface area contributed by atoms with E-state index in [0.29, 0.717) is 12.5 Å². The molecule has 1 nitrogen and oxygen atoms in total. The van der Waals surface area contributed by atoms with Crippen molar-refractivity contribution in [2.75, 3.05) is 6.61 Å². The average molecular weight is 204 g/mol. The highest BCUT2D eigenvalue weighted by Crippen LogP contribution is 2.69. The quantitative estimate of drug-likeness (QED) is 0.801. The largest absolute Gasteiger partial charge is 0.396 e. The van der Waals surface area contributed by atoms with Crippen molar-refractivity contribution in [2.24, 2.45) is 10.8 Å². The van der Waals surface area contributed by atoms with Crippen LogP contribution in [0.25, 0.3) is 0 Å². The minimum atomic E-state index is 0.127. The highest BCUT2D eigenvalue weighted by Gasteiger charge is 2.62. The molecule has 0 unspecified atom stereocenters. The van der Waals surface area contributed by atoms with E-state index >= 15 is 0 Å². The Bertz CT molecular complexity index is 346. The normalized spacial score (nSPS) is 36.3. The van der Waals surface area contributed by atoms with Crippen molar-refractivity contribution in [3.8, 4) is 0 Å². The Labute approximate surface area is 92.1 Å². The Morgan fingerprint density at radius 3 is 2.33 bits per heavy atom. The molecule has 0 spiro atoms. The molecule has 1 aliphatic rings. The van der Waals surface area contributed by atoms with Crippen LogP contribution in [0, 0.1) is 10.8 Å². The fourth-order valence-corrected chi connectivity index (χ4v) is 2.79. The number of aliphatic hydroxyl groups is 1. The molecule has 1 aliphatic carbocycles. The molecular formula is C14H20O. The summed E-state index contributed by atoms with van der Waals surface area (Å²) < 4.78 is 0. The van der Waals surface area contributed by atoms with Crippen LogP contribution in [-0.4, -0.2) is 11.7 Å². The van der Waals surface area contributed by atoms with Crippen molar-refractivity contribution in [1.29, 1.82) is 0 Å². The monoisotopic (exact) mass is 204 g/mol. The van der Waals surface area contributed by atoms with Crippen LogP contribution in [0.4, 0.5) is 0 Å². The molecule has 1 aromatic rings. The lowest BCUT2D eigenvalue weighted by molar-refractivity contribution is 0.180. The van der Waals surface area contributed by atoms with Gasteiger partial charge in [0, 0.05) is 6.61 Å². The van der Waals surface area contributed by atoms with Crippen LogP contribution >= 0.6 is 0 Å². The van der Waals surface area contributed by atoms with Gasteiger partial charge in [-0.1, -0.05) is 51.1 Å². The van der Waals surface area contributed by atoms with Gasteiger partial charge in [0.2, 0.25) is 0 Å². The van der Waals surface area contributed by atoms with Crippen LogP contribution in [0.3, 0.4) is 0 Å².